The van der Waals surface area contributed by atoms with Gasteiger partial charge in [-0.05, 0) is 0 Å². The number of aliphatic carboxylic acids is 1. The van der Waals surface area contributed by atoms with Gasteiger partial charge in [0.15, 0.2) is 0 Å². The van der Waals surface area contributed by atoms with E-state index in [4.69, 9.17) is 15.7 Å². The molecule has 0 aliphatic heterocycles. The van der Waals surface area contributed by atoms with Crippen molar-refractivity contribution >= 4 is 33.6 Å². The molecule has 0 amide bonds. The average molecular weight is 287 g/mol. The van der Waals surface area contributed by atoms with Crippen molar-refractivity contribution in [2.24, 2.45) is 10.1 Å². The molecule has 1 rings (SSSR count). The minimum atomic E-state index is -3.86. The average Bonchev–Trinajstić information content (AvgIpc) is 2.28. The Hall–Kier alpha value is -2.24. The molecule has 10 nitrogen and oxygen atoms in total. The molecule has 0 unspecified atom stereocenters. The number of nitrogens with one attached hydrogen (secondary N) is 1. The highest BCUT2D eigenvalue weighted by atomic mass is 32.2. The number of sulfonamides is 1. The summed E-state index contributed by atoms with van der Waals surface area (Å²) in [5.74, 6) is -1.98. The first-order chi connectivity index (χ1) is 8.70. The number of nitrogens with zero attached hydrogens (tertiary/aromatic N) is 3. The third kappa shape index (κ3) is 4.50. The van der Waals surface area contributed by atoms with Gasteiger partial charge >= 0.3 is 11.9 Å². The van der Waals surface area contributed by atoms with Crippen LogP contribution in [0.2, 0.25) is 0 Å². The Morgan fingerprint density at radius 1 is 1.47 bits per heavy atom. The second kappa shape index (κ2) is 5.60. The fraction of sp³-hybridized carbons (Fsp3) is 0.125. The van der Waals surface area contributed by atoms with Gasteiger partial charge in [0.2, 0.25) is 21.7 Å². The van der Waals surface area contributed by atoms with Crippen LogP contribution in [0.3, 0.4) is 0 Å². The Morgan fingerprint density at radius 2 is 2.00 bits per heavy atom. The highest BCUT2D eigenvalue weighted by Gasteiger charge is 2.12. The molecule has 1 aromatic rings. The number of carbonyl (C=O) groups is 1. The van der Waals surface area contributed by atoms with E-state index in [9.17, 15) is 13.2 Å². The molecule has 0 fully saturated rings. The zero-order chi connectivity index (χ0) is 14.6. The SMILES string of the molecule is CC(=NC(=N)C(=O)O)[NH2+]c1ncc(S(N)(=O)=O)cn1. The minimum Gasteiger partial charge on any atom is -0.475 e. The molecule has 0 radical (unpaired) electrons. The van der Waals surface area contributed by atoms with E-state index < -0.39 is 21.8 Å². The van der Waals surface area contributed by atoms with Crippen molar-refractivity contribution in [3.8, 4) is 0 Å². The Labute approximate surface area is 108 Å². The number of amidine groups is 2. The van der Waals surface area contributed by atoms with Crippen molar-refractivity contribution in [3.63, 3.8) is 0 Å². The molecule has 0 saturated carbocycles. The highest BCUT2D eigenvalue weighted by molar-refractivity contribution is 7.89. The number of aliphatic imine (C=N–C) groups is 1. The van der Waals surface area contributed by atoms with Crippen molar-refractivity contribution in [2.45, 2.75) is 11.8 Å². The first-order valence-corrected chi connectivity index (χ1v) is 6.31. The monoisotopic (exact) mass is 287 g/mol. The molecule has 102 valence electrons. The quantitative estimate of drug-likeness (QED) is 0.354. The van der Waals surface area contributed by atoms with Gasteiger partial charge in [-0.2, -0.15) is 15.0 Å². The molecule has 0 bridgehead atoms. The van der Waals surface area contributed by atoms with E-state index in [0.717, 1.165) is 12.4 Å². The van der Waals surface area contributed by atoms with Crippen molar-refractivity contribution in [1.29, 1.82) is 5.41 Å². The predicted molar refractivity (Wildman–Crippen MR) is 63.5 cm³/mol. The predicted octanol–water partition coefficient (Wildman–Crippen LogP) is -2.20. The maximum absolute atomic E-state index is 11.0. The summed E-state index contributed by atoms with van der Waals surface area (Å²) in [7, 11) is -3.86. The third-order valence-corrected chi connectivity index (χ3v) is 2.67. The first-order valence-electron chi connectivity index (χ1n) is 4.77. The lowest BCUT2D eigenvalue weighted by molar-refractivity contribution is -0.453. The van der Waals surface area contributed by atoms with E-state index in [1.165, 1.54) is 12.2 Å². The van der Waals surface area contributed by atoms with Gasteiger partial charge in [0.05, 0.1) is 12.4 Å². The summed E-state index contributed by atoms with van der Waals surface area (Å²) in [6.45, 7) is 1.45. The Balaban J connectivity index is 2.85. The Bertz CT molecular complexity index is 636. The van der Waals surface area contributed by atoms with Crippen LogP contribution >= 0.6 is 0 Å². The second-order valence-corrected chi connectivity index (χ2v) is 4.93. The van der Waals surface area contributed by atoms with Gasteiger partial charge in [-0.3, -0.25) is 5.41 Å². The van der Waals surface area contributed by atoms with Crippen LogP contribution in [-0.4, -0.2) is 41.1 Å². The Morgan fingerprint density at radius 3 is 2.42 bits per heavy atom. The summed E-state index contributed by atoms with van der Waals surface area (Å²) in [5, 5.41) is 21.6. The summed E-state index contributed by atoms with van der Waals surface area (Å²) < 4.78 is 21.9. The van der Waals surface area contributed by atoms with Crippen LogP contribution in [0.5, 0.6) is 0 Å². The number of nitrogens with two attached hydrogens (primary N) is 2. The number of carboxylic acids is 1. The molecule has 0 aliphatic rings. The summed E-state index contributed by atoms with van der Waals surface area (Å²) >= 11 is 0. The summed E-state index contributed by atoms with van der Waals surface area (Å²) in [4.78, 5) is 21.0. The van der Waals surface area contributed by atoms with E-state index >= 15 is 0 Å². The number of hydrogen-bond acceptors (Lipinski definition) is 6. The van der Waals surface area contributed by atoms with E-state index in [-0.39, 0.29) is 16.7 Å². The van der Waals surface area contributed by atoms with E-state index in [1.54, 1.807) is 0 Å². The van der Waals surface area contributed by atoms with Crippen molar-refractivity contribution in [3.05, 3.63) is 12.4 Å². The topological polar surface area (TPSA) is 176 Å². The molecular formula is C8H11N6O4S+. The van der Waals surface area contributed by atoms with Crippen molar-refractivity contribution < 1.29 is 23.6 Å². The number of carboxylic acid groups (broad SMARTS) is 1. The fourth-order valence-corrected chi connectivity index (χ4v) is 1.39. The van der Waals surface area contributed by atoms with Crippen LogP contribution in [-0.2, 0) is 14.8 Å². The van der Waals surface area contributed by atoms with Gasteiger partial charge in [0.25, 0.3) is 0 Å². The number of quaternary nitrogens is 1. The summed E-state index contributed by atoms with van der Waals surface area (Å²) in [6, 6.07) is 0. The standard InChI is InChI=1S/C8H10N6O4S/c1-4(13-6(9)7(15)16)14-8-11-2-5(3-12-8)19(10,17)18/h2-3H,1H3,(H,15,16)(H2,10,17,18)(H2,9,11,12,13,14)/p+1. The fourth-order valence-electron chi connectivity index (χ4n) is 0.991. The van der Waals surface area contributed by atoms with Gasteiger partial charge in [-0.15, -0.1) is 0 Å². The third-order valence-electron chi connectivity index (χ3n) is 1.81. The minimum absolute atomic E-state index is 0.117. The van der Waals surface area contributed by atoms with Crippen LogP contribution in [0.15, 0.2) is 22.3 Å². The van der Waals surface area contributed by atoms with Crippen LogP contribution in [0, 0.1) is 5.41 Å². The van der Waals surface area contributed by atoms with Gasteiger partial charge in [0.1, 0.15) is 4.90 Å². The number of primary sulfonamides is 1. The highest BCUT2D eigenvalue weighted by Crippen LogP contribution is 2.01. The van der Waals surface area contributed by atoms with E-state index in [0.29, 0.717) is 0 Å². The van der Waals surface area contributed by atoms with Crippen molar-refractivity contribution in [1.82, 2.24) is 9.97 Å². The smallest absolute Gasteiger partial charge is 0.373 e. The maximum atomic E-state index is 11.0. The first kappa shape index (κ1) is 14.8. The van der Waals surface area contributed by atoms with Gasteiger partial charge < -0.3 is 5.11 Å². The Kier molecular flexibility index (Phi) is 4.37. The van der Waals surface area contributed by atoms with Gasteiger partial charge in [0, 0.05) is 6.92 Å². The second-order valence-electron chi connectivity index (χ2n) is 3.37. The molecule has 6 N–H and O–H groups in total. The molecule has 11 heteroatoms. The van der Waals surface area contributed by atoms with E-state index in [1.807, 2.05) is 0 Å². The number of hydrogen-bond donors (Lipinski definition) is 4. The molecule has 1 heterocycles. The summed E-state index contributed by atoms with van der Waals surface area (Å²) in [5.41, 5.74) is 0. The summed E-state index contributed by atoms with van der Waals surface area (Å²) in [6.07, 6.45) is 2.04. The number of rotatable bonds is 2. The lowest BCUT2D eigenvalue weighted by atomic mass is 10.5. The molecule has 0 atom stereocenters. The van der Waals surface area contributed by atoms with Gasteiger partial charge in [-0.25, -0.2) is 23.7 Å². The zero-order valence-corrected chi connectivity index (χ0v) is 10.5. The molecule has 1 aromatic heterocycles. The molecule has 0 aromatic carbocycles. The van der Waals surface area contributed by atoms with E-state index in [2.05, 4.69) is 15.0 Å². The van der Waals surface area contributed by atoms with Crippen LogP contribution in [0.1, 0.15) is 6.92 Å². The zero-order valence-electron chi connectivity index (χ0n) is 9.73. The molecule has 0 saturated heterocycles. The lowest BCUT2D eigenvalue weighted by Crippen LogP contribution is -2.82. The molecule has 0 aliphatic carbocycles. The van der Waals surface area contributed by atoms with Gasteiger partial charge in [-0.1, -0.05) is 0 Å². The van der Waals surface area contributed by atoms with Crippen molar-refractivity contribution in [2.75, 3.05) is 0 Å². The lowest BCUT2D eigenvalue weighted by Gasteiger charge is -1.99. The largest absolute Gasteiger partial charge is 0.475 e. The maximum Gasteiger partial charge on any atom is 0.373 e. The van der Waals surface area contributed by atoms with Crippen LogP contribution in [0.4, 0.5) is 5.95 Å². The van der Waals surface area contributed by atoms with Crippen LogP contribution in [0.25, 0.3) is 0 Å². The molecule has 0 spiro atoms. The molecule has 19 heavy (non-hydrogen) atoms. The molecular weight excluding hydrogens is 276 g/mol. The van der Waals surface area contributed by atoms with Crippen LogP contribution < -0.4 is 10.5 Å². The normalized spacial score (nSPS) is 12.2. The number of aromatic nitrogens is 2.